The van der Waals surface area contributed by atoms with Crippen LogP contribution in [0.4, 0.5) is 9.59 Å². The molecule has 0 bridgehead atoms. The second kappa shape index (κ2) is 8.73. The average Bonchev–Trinajstić information content (AvgIpc) is 2.85. The predicted molar refractivity (Wildman–Crippen MR) is 109 cm³/mol. The molecule has 0 N–H and O–H groups in total. The molecule has 0 fully saturated rings. The quantitative estimate of drug-likeness (QED) is 0.694. The van der Waals surface area contributed by atoms with Crippen molar-refractivity contribution in [3.8, 4) is 0 Å². The maximum Gasteiger partial charge on any atom is 0.509 e. The zero-order valence-electron chi connectivity index (χ0n) is 18.5. The standard InChI is InChI=1S/C21H29N3O6/c1-14-22-23(17(25)24(14)18(26)29-20(2,3)4)13-16(15-11-9-8-10-12-15)28-19(27)30-21(5,6)7/h8-12,16H,13H2,1-7H3. The number of nitrogens with zero attached hydrogens (tertiary/aromatic N) is 3. The van der Waals surface area contributed by atoms with Crippen molar-refractivity contribution in [1.82, 2.24) is 14.3 Å². The van der Waals surface area contributed by atoms with Crippen molar-refractivity contribution in [1.29, 1.82) is 0 Å². The second-order valence-corrected chi connectivity index (χ2v) is 8.81. The molecule has 2 rings (SSSR count). The highest BCUT2D eigenvalue weighted by atomic mass is 16.7. The predicted octanol–water partition coefficient (Wildman–Crippen LogP) is 3.83. The van der Waals surface area contributed by atoms with Crippen LogP contribution in [0.15, 0.2) is 35.1 Å². The number of ether oxygens (including phenoxy) is 3. The van der Waals surface area contributed by atoms with E-state index in [0.29, 0.717) is 5.56 Å². The molecule has 0 spiro atoms. The molecule has 0 amide bonds. The summed E-state index contributed by atoms with van der Waals surface area (Å²) in [6.45, 7) is 11.7. The number of aryl methyl sites for hydroxylation is 1. The van der Waals surface area contributed by atoms with Crippen LogP contribution in [-0.4, -0.2) is 37.8 Å². The van der Waals surface area contributed by atoms with Crippen LogP contribution < -0.4 is 5.69 Å². The summed E-state index contributed by atoms with van der Waals surface area (Å²) in [5.74, 6) is 0.165. The van der Waals surface area contributed by atoms with Gasteiger partial charge in [0.1, 0.15) is 17.0 Å². The molecule has 2 aromatic rings. The summed E-state index contributed by atoms with van der Waals surface area (Å²) in [6.07, 6.45) is -2.53. The van der Waals surface area contributed by atoms with Crippen molar-refractivity contribution in [2.24, 2.45) is 0 Å². The van der Waals surface area contributed by atoms with E-state index in [0.717, 1.165) is 9.25 Å². The van der Waals surface area contributed by atoms with Gasteiger partial charge in [0.25, 0.3) is 0 Å². The van der Waals surface area contributed by atoms with E-state index in [-0.39, 0.29) is 12.4 Å². The van der Waals surface area contributed by atoms with Crippen molar-refractivity contribution >= 4 is 12.2 Å². The Bertz CT molecular complexity index is 948. The molecule has 1 unspecified atom stereocenters. The number of carbonyl (C=O) groups excluding carboxylic acids is 2. The molecule has 0 radical (unpaired) electrons. The zero-order chi connectivity index (χ0) is 22.7. The van der Waals surface area contributed by atoms with E-state index in [1.807, 2.05) is 6.07 Å². The van der Waals surface area contributed by atoms with E-state index in [4.69, 9.17) is 14.2 Å². The molecule has 0 aliphatic rings. The summed E-state index contributed by atoms with van der Waals surface area (Å²) in [7, 11) is 0. The summed E-state index contributed by atoms with van der Waals surface area (Å²) in [6, 6.07) is 8.92. The molecule has 30 heavy (non-hydrogen) atoms. The molecule has 9 nitrogen and oxygen atoms in total. The molecular weight excluding hydrogens is 390 g/mol. The fraction of sp³-hybridized carbons (Fsp3) is 0.524. The van der Waals surface area contributed by atoms with Gasteiger partial charge in [-0.25, -0.2) is 19.1 Å². The Balaban J connectivity index is 2.32. The van der Waals surface area contributed by atoms with Crippen molar-refractivity contribution in [2.75, 3.05) is 0 Å². The van der Waals surface area contributed by atoms with E-state index in [2.05, 4.69) is 5.10 Å². The zero-order valence-corrected chi connectivity index (χ0v) is 18.5. The molecule has 0 saturated carbocycles. The number of hydrogen-bond acceptors (Lipinski definition) is 7. The summed E-state index contributed by atoms with van der Waals surface area (Å²) in [4.78, 5) is 37.4. The van der Waals surface area contributed by atoms with Crippen molar-refractivity contribution in [2.45, 2.75) is 72.3 Å². The fourth-order valence-electron chi connectivity index (χ4n) is 2.58. The van der Waals surface area contributed by atoms with Gasteiger partial charge in [0.05, 0.1) is 6.54 Å². The lowest BCUT2D eigenvalue weighted by atomic mass is 10.1. The third-order valence-electron chi connectivity index (χ3n) is 3.72. The van der Waals surface area contributed by atoms with Gasteiger partial charge < -0.3 is 14.2 Å². The first-order valence-corrected chi connectivity index (χ1v) is 9.61. The van der Waals surface area contributed by atoms with Gasteiger partial charge in [-0.2, -0.15) is 9.67 Å². The van der Waals surface area contributed by atoms with E-state index < -0.39 is 35.2 Å². The minimum Gasteiger partial charge on any atom is -0.443 e. The van der Waals surface area contributed by atoms with E-state index >= 15 is 0 Å². The summed E-state index contributed by atoms with van der Waals surface area (Å²) < 4.78 is 17.9. The lowest BCUT2D eigenvalue weighted by Gasteiger charge is -2.22. The number of aromatic nitrogens is 3. The lowest BCUT2D eigenvalue weighted by molar-refractivity contribution is -0.0317. The molecule has 0 aliphatic carbocycles. The first kappa shape index (κ1) is 23.2. The van der Waals surface area contributed by atoms with Crippen LogP contribution in [-0.2, 0) is 20.8 Å². The van der Waals surface area contributed by atoms with Gasteiger partial charge in [-0.15, -0.1) is 0 Å². The van der Waals surface area contributed by atoms with Crippen molar-refractivity contribution < 1.29 is 23.8 Å². The van der Waals surface area contributed by atoms with Crippen molar-refractivity contribution in [3.05, 3.63) is 52.2 Å². The normalized spacial score (nSPS) is 12.9. The average molecular weight is 419 g/mol. The Hall–Kier alpha value is -3.10. The minimum absolute atomic E-state index is 0.0985. The van der Waals surface area contributed by atoms with Gasteiger partial charge in [-0.05, 0) is 54.0 Å². The Kier molecular flexibility index (Phi) is 6.74. The second-order valence-electron chi connectivity index (χ2n) is 8.81. The Morgan fingerprint density at radius 1 is 1.00 bits per heavy atom. The Labute approximate surface area is 175 Å². The lowest BCUT2D eigenvalue weighted by Crippen LogP contribution is -2.36. The van der Waals surface area contributed by atoms with Crippen LogP contribution in [0.5, 0.6) is 0 Å². The SMILES string of the molecule is Cc1nn(CC(OC(=O)OC(C)(C)C)c2ccccc2)c(=O)n1C(=O)OC(C)(C)C. The van der Waals surface area contributed by atoms with E-state index in [1.165, 1.54) is 6.92 Å². The number of carbonyl (C=O) groups is 2. The van der Waals surface area contributed by atoms with Crippen LogP contribution in [0, 0.1) is 6.92 Å². The van der Waals surface area contributed by atoms with Gasteiger partial charge in [0.15, 0.2) is 6.10 Å². The maximum absolute atomic E-state index is 12.8. The van der Waals surface area contributed by atoms with Gasteiger partial charge in [-0.1, -0.05) is 30.3 Å². The highest BCUT2D eigenvalue weighted by Gasteiger charge is 2.27. The number of hydrogen-bond donors (Lipinski definition) is 0. The topological polar surface area (TPSA) is 102 Å². The van der Waals surface area contributed by atoms with Crippen LogP contribution in [0.25, 0.3) is 0 Å². The first-order valence-electron chi connectivity index (χ1n) is 9.61. The monoisotopic (exact) mass is 419 g/mol. The molecule has 0 aliphatic heterocycles. The molecule has 1 aromatic carbocycles. The molecule has 9 heteroatoms. The first-order chi connectivity index (χ1) is 13.8. The third kappa shape index (κ3) is 6.47. The number of rotatable bonds is 4. The van der Waals surface area contributed by atoms with E-state index in [1.54, 1.807) is 65.8 Å². The third-order valence-corrected chi connectivity index (χ3v) is 3.72. The molecule has 1 atom stereocenters. The van der Waals surface area contributed by atoms with Gasteiger partial charge in [0, 0.05) is 0 Å². The number of benzene rings is 1. The van der Waals surface area contributed by atoms with E-state index in [9.17, 15) is 14.4 Å². The summed E-state index contributed by atoms with van der Waals surface area (Å²) in [5, 5.41) is 4.14. The molecule has 1 heterocycles. The molecular formula is C21H29N3O6. The fourth-order valence-corrected chi connectivity index (χ4v) is 2.58. The van der Waals surface area contributed by atoms with Gasteiger partial charge >= 0.3 is 17.9 Å². The largest absolute Gasteiger partial charge is 0.509 e. The van der Waals surface area contributed by atoms with Gasteiger partial charge in [0.2, 0.25) is 0 Å². The smallest absolute Gasteiger partial charge is 0.443 e. The highest BCUT2D eigenvalue weighted by molar-refractivity contribution is 5.71. The summed E-state index contributed by atoms with van der Waals surface area (Å²) >= 11 is 0. The van der Waals surface area contributed by atoms with Crippen LogP contribution in [0.1, 0.15) is 59.0 Å². The maximum atomic E-state index is 12.8. The Morgan fingerprint density at radius 2 is 1.57 bits per heavy atom. The molecule has 164 valence electrons. The van der Waals surface area contributed by atoms with Crippen LogP contribution in [0.3, 0.4) is 0 Å². The minimum atomic E-state index is -0.868. The summed E-state index contributed by atoms with van der Waals surface area (Å²) in [5.41, 5.74) is -1.53. The van der Waals surface area contributed by atoms with Gasteiger partial charge in [-0.3, -0.25) is 0 Å². The molecule has 1 aromatic heterocycles. The van der Waals surface area contributed by atoms with Crippen molar-refractivity contribution in [3.63, 3.8) is 0 Å². The van der Waals surface area contributed by atoms with Crippen LogP contribution >= 0.6 is 0 Å². The van der Waals surface area contributed by atoms with Crippen LogP contribution in [0.2, 0.25) is 0 Å². The molecule has 0 saturated heterocycles. The Morgan fingerprint density at radius 3 is 2.10 bits per heavy atom. The highest BCUT2D eigenvalue weighted by Crippen LogP contribution is 2.21.